The Morgan fingerprint density at radius 3 is 2.78 bits per heavy atom. The number of hydrogen-bond donors (Lipinski definition) is 1. The summed E-state index contributed by atoms with van der Waals surface area (Å²) in [6.07, 6.45) is 0.00879. The minimum atomic E-state index is -0.522. The molecule has 0 spiro atoms. The van der Waals surface area contributed by atoms with Crippen molar-refractivity contribution in [2.24, 2.45) is 0 Å². The van der Waals surface area contributed by atoms with Gasteiger partial charge in [-0.15, -0.1) is 0 Å². The molecule has 0 bridgehead atoms. The van der Waals surface area contributed by atoms with Crippen LogP contribution in [0.5, 0.6) is 5.75 Å². The molecule has 0 saturated heterocycles. The van der Waals surface area contributed by atoms with Crippen LogP contribution in [0, 0.1) is 6.92 Å². The summed E-state index contributed by atoms with van der Waals surface area (Å²) in [6, 6.07) is 12.6. The lowest BCUT2D eigenvalue weighted by molar-refractivity contribution is -0.120. The number of ether oxygens (including phenoxy) is 1. The van der Waals surface area contributed by atoms with Gasteiger partial charge in [0.15, 0.2) is 6.61 Å². The zero-order valence-corrected chi connectivity index (χ0v) is 13.6. The quantitative estimate of drug-likeness (QED) is 0.936. The highest BCUT2D eigenvalue weighted by Crippen LogP contribution is 2.34. The summed E-state index contributed by atoms with van der Waals surface area (Å²) in [5.74, 6) is 0.473. The van der Waals surface area contributed by atoms with Crippen molar-refractivity contribution in [2.45, 2.75) is 19.4 Å². The molecule has 1 aliphatic heterocycles. The van der Waals surface area contributed by atoms with Gasteiger partial charge in [0.2, 0.25) is 0 Å². The van der Waals surface area contributed by atoms with E-state index in [1.165, 1.54) is 0 Å². The van der Waals surface area contributed by atoms with Gasteiger partial charge in [-0.25, -0.2) is 0 Å². The van der Waals surface area contributed by atoms with E-state index in [4.69, 9.17) is 16.3 Å². The Morgan fingerprint density at radius 1 is 1.30 bits per heavy atom. The molecular weight excluding hydrogens is 314 g/mol. The zero-order valence-electron chi connectivity index (χ0n) is 12.8. The van der Waals surface area contributed by atoms with Gasteiger partial charge in [-0.2, -0.15) is 0 Å². The predicted octanol–water partition coefficient (Wildman–Crippen LogP) is 3.50. The molecule has 120 valence electrons. The van der Waals surface area contributed by atoms with Crippen molar-refractivity contribution in [2.75, 3.05) is 18.1 Å². The number of aliphatic hydroxyl groups is 1. The number of aliphatic hydroxyl groups excluding tert-OH is 1. The highest BCUT2D eigenvalue weighted by Gasteiger charge is 2.27. The van der Waals surface area contributed by atoms with E-state index in [1.807, 2.05) is 25.1 Å². The first-order valence-corrected chi connectivity index (χ1v) is 7.90. The van der Waals surface area contributed by atoms with Crippen LogP contribution in [0.1, 0.15) is 23.7 Å². The predicted molar refractivity (Wildman–Crippen MR) is 90.1 cm³/mol. The van der Waals surface area contributed by atoms with Gasteiger partial charge in [-0.1, -0.05) is 29.3 Å². The van der Waals surface area contributed by atoms with Crippen LogP contribution in [0.4, 0.5) is 5.69 Å². The largest absolute Gasteiger partial charge is 0.484 e. The summed E-state index contributed by atoms with van der Waals surface area (Å²) < 4.78 is 5.53. The molecule has 0 saturated carbocycles. The molecule has 2 aromatic carbocycles. The third kappa shape index (κ3) is 3.49. The van der Waals surface area contributed by atoms with Gasteiger partial charge in [0.1, 0.15) is 5.75 Å². The van der Waals surface area contributed by atoms with Crippen LogP contribution in [0.3, 0.4) is 0 Å². The summed E-state index contributed by atoms with van der Waals surface area (Å²) in [5, 5.41) is 10.8. The molecule has 4 nitrogen and oxygen atoms in total. The lowest BCUT2D eigenvalue weighted by Crippen LogP contribution is -2.39. The minimum absolute atomic E-state index is 0.0506. The Hall–Kier alpha value is -2.04. The van der Waals surface area contributed by atoms with E-state index >= 15 is 0 Å². The topological polar surface area (TPSA) is 49.8 Å². The van der Waals surface area contributed by atoms with E-state index in [9.17, 15) is 9.90 Å². The van der Waals surface area contributed by atoms with Crippen LogP contribution in [0.25, 0.3) is 0 Å². The highest BCUT2D eigenvalue weighted by atomic mass is 35.5. The Bertz CT molecular complexity index is 715. The standard InChI is InChI=1S/C18H18ClNO3/c1-12-2-7-16-15(10-12)17(21)8-9-20(16)18(22)11-23-14-5-3-13(19)4-6-14/h2-7,10,17,21H,8-9,11H2,1H3. The second kappa shape index (κ2) is 6.60. The zero-order chi connectivity index (χ0) is 16.4. The fraction of sp³-hybridized carbons (Fsp3) is 0.278. The van der Waals surface area contributed by atoms with E-state index in [0.29, 0.717) is 23.7 Å². The SMILES string of the molecule is Cc1ccc2c(c1)C(O)CCN2C(=O)COc1ccc(Cl)cc1. The number of fused-ring (bicyclic) bond motifs is 1. The number of nitrogens with zero attached hydrogens (tertiary/aromatic N) is 1. The van der Waals surface area contributed by atoms with E-state index < -0.39 is 6.10 Å². The van der Waals surface area contributed by atoms with Crippen molar-refractivity contribution in [3.8, 4) is 5.75 Å². The first-order valence-electron chi connectivity index (χ1n) is 7.52. The summed E-state index contributed by atoms with van der Waals surface area (Å²) in [5.41, 5.74) is 2.63. The number of rotatable bonds is 3. The average molecular weight is 332 g/mol. The smallest absolute Gasteiger partial charge is 0.264 e. The van der Waals surface area contributed by atoms with Crippen LogP contribution in [0.2, 0.25) is 5.02 Å². The van der Waals surface area contributed by atoms with Crippen molar-refractivity contribution in [1.82, 2.24) is 0 Å². The van der Waals surface area contributed by atoms with Crippen LogP contribution < -0.4 is 9.64 Å². The molecular formula is C18H18ClNO3. The molecule has 1 aliphatic rings. The molecule has 0 aliphatic carbocycles. The minimum Gasteiger partial charge on any atom is -0.484 e. The Balaban J connectivity index is 1.73. The van der Waals surface area contributed by atoms with Gasteiger partial charge < -0.3 is 14.7 Å². The number of benzene rings is 2. The van der Waals surface area contributed by atoms with E-state index in [-0.39, 0.29) is 12.5 Å². The summed E-state index contributed by atoms with van der Waals surface area (Å²) in [7, 11) is 0. The van der Waals surface area contributed by atoms with Crippen LogP contribution in [-0.2, 0) is 4.79 Å². The maximum Gasteiger partial charge on any atom is 0.264 e. The number of halogens is 1. The first kappa shape index (κ1) is 15.8. The van der Waals surface area contributed by atoms with Gasteiger partial charge in [0.25, 0.3) is 5.91 Å². The summed E-state index contributed by atoms with van der Waals surface area (Å²) >= 11 is 5.82. The molecule has 23 heavy (non-hydrogen) atoms. The Labute approximate surface area is 140 Å². The lowest BCUT2D eigenvalue weighted by Gasteiger charge is -2.32. The maximum atomic E-state index is 12.5. The van der Waals surface area contributed by atoms with Gasteiger partial charge in [-0.3, -0.25) is 4.79 Å². The molecule has 3 rings (SSSR count). The van der Waals surface area contributed by atoms with Gasteiger partial charge >= 0.3 is 0 Å². The van der Waals surface area contributed by atoms with Crippen molar-refractivity contribution in [3.05, 3.63) is 58.6 Å². The first-order chi connectivity index (χ1) is 11.0. The Morgan fingerprint density at radius 2 is 2.04 bits per heavy atom. The maximum absolute atomic E-state index is 12.5. The van der Waals surface area contributed by atoms with Crippen LogP contribution >= 0.6 is 11.6 Å². The normalized spacial score (nSPS) is 16.8. The van der Waals surface area contributed by atoms with E-state index in [1.54, 1.807) is 29.2 Å². The fourth-order valence-corrected chi connectivity index (χ4v) is 2.85. The third-order valence-electron chi connectivity index (χ3n) is 3.94. The number of carbonyl (C=O) groups is 1. The van der Waals surface area contributed by atoms with Crippen molar-refractivity contribution < 1.29 is 14.6 Å². The van der Waals surface area contributed by atoms with Crippen LogP contribution in [0.15, 0.2) is 42.5 Å². The second-order valence-corrected chi connectivity index (χ2v) is 6.09. The van der Waals surface area contributed by atoms with Crippen molar-refractivity contribution in [3.63, 3.8) is 0 Å². The lowest BCUT2D eigenvalue weighted by atomic mass is 9.97. The monoisotopic (exact) mass is 331 g/mol. The molecule has 0 fully saturated rings. The molecule has 1 heterocycles. The van der Waals surface area contributed by atoms with Crippen molar-refractivity contribution >= 4 is 23.2 Å². The molecule has 2 aromatic rings. The van der Waals surface area contributed by atoms with Gasteiger partial charge in [0, 0.05) is 22.8 Å². The number of aryl methyl sites for hydroxylation is 1. The van der Waals surface area contributed by atoms with Crippen molar-refractivity contribution in [1.29, 1.82) is 0 Å². The number of carbonyl (C=O) groups excluding carboxylic acids is 1. The molecule has 1 unspecified atom stereocenters. The van der Waals surface area contributed by atoms with Gasteiger partial charge in [0.05, 0.1) is 6.10 Å². The second-order valence-electron chi connectivity index (χ2n) is 5.65. The molecule has 0 aromatic heterocycles. The molecule has 1 atom stereocenters. The highest BCUT2D eigenvalue weighted by molar-refractivity contribution is 6.30. The number of amides is 1. The molecule has 5 heteroatoms. The summed E-state index contributed by atoms with van der Waals surface area (Å²) in [4.78, 5) is 14.2. The number of anilines is 1. The molecule has 0 radical (unpaired) electrons. The van der Waals surface area contributed by atoms with Crippen LogP contribution in [-0.4, -0.2) is 24.2 Å². The summed E-state index contributed by atoms with van der Waals surface area (Å²) in [6.45, 7) is 2.41. The van der Waals surface area contributed by atoms with Gasteiger partial charge in [-0.05, 0) is 43.7 Å². The third-order valence-corrected chi connectivity index (χ3v) is 4.19. The fourth-order valence-electron chi connectivity index (χ4n) is 2.73. The molecule has 1 amide bonds. The van der Waals surface area contributed by atoms with E-state index in [0.717, 1.165) is 16.8 Å². The van der Waals surface area contributed by atoms with E-state index in [2.05, 4.69) is 0 Å². The molecule has 1 N–H and O–H groups in total. The average Bonchev–Trinajstić information content (AvgIpc) is 2.55. The number of hydrogen-bond acceptors (Lipinski definition) is 3. The Kier molecular flexibility index (Phi) is 4.55.